The third-order valence-electron chi connectivity index (χ3n) is 3.06. The summed E-state index contributed by atoms with van der Waals surface area (Å²) in [5, 5.41) is 0. The number of pyridine rings is 1. The molecule has 2 rings (SSSR count). The fourth-order valence-corrected chi connectivity index (χ4v) is 2.04. The molecule has 2 atom stereocenters. The van der Waals surface area contributed by atoms with Crippen LogP contribution in [0, 0.1) is 0 Å². The van der Waals surface area contributed by atoms with Gasteiger partial charge in [-0.1, -0.05) is 30.3 Å². The molecule has 2 aromatic rings. The zero-order valence-electron chi connectivity index (χ0n) is 10.8. The molecule has 1 heterocycles. The second-order valence-electron chi connectivity index (χ2n) is 4.34. The van der Waals surface area contributed by atoms with Gasteiger partial charge >= 0.3 is 0 Å². The van der Waals surface area contributed by atoms with Gasteiger partial charge in [0.15, 0.2) is 0 Å². The van der Waals surface area contributed by atoms with Crippen molar-refractivity contribution in [2.75, 3.05) is 13.8 Å². The standard InChI is InChI=1S/C15H17FN2O/c1-19-15(14(17)9-16)12-6-4-11(5-7-12)13-3-2-8-18-10-13/h2-8,10,14-15H,9,17H2,1H3/t14-,15-/m1/s1. The molecular weight excluding hydrogens is 243 g/mol. The van der Waals surface area contributed by atoms with Gasteiger partial charge in [-0.2, -0.15) is 0 Å². The summed E-state index contributed by atoms with van der Waals surface area (Å²) in [7, 11) is 1.54. The molecule has 0 saturated carbocycles. The van der Waals surface area contributed by atoms with Crippen molar-refractivity contribution in [3.8, 4) is 11.1 Å². The Bertz CT molecular complexity index is 501. The highest BCUT2D eigenvalue weighted by molar-refractivity contribution is 5.62. The van der Waals surface area contributed by atoms with Crippen molar-refractivity contribution in [3.05, 3.63) is 54.4 Å². The largest absolute Gasteiger partial charge is 0.375 e. The highest BCUT2D eigenvalue weighted by Gasteiger charge is 2.19. The van der Waals surface area contributed by atoms with E-state index in [1.807, 2.05) is 36.4 Å². The molecule has 1 aromatic carbocycles. The van der Waals surface area contributed by atoms with Crippen LogP contribution in [0.1, 0.15) is 11.7 Å². The van der Waals surface area contributed by atoms with Crippen LogP contribution < -0.4 is 5.73 Å². The van der Waals surface area contributed by atoms with Gasteiger partial charge in [0.05, 0.1) is 12.1 Å². The van der Waals surface area contributed by atoms with E-state index in [-0.39, 0.29) is 0 Å². The molecule has 0 radical (unpaired) electrons. The predicted molar refractivity (Wildman–Crippen MR) is 73.4 cm³/mol. The number of rotatable bonds is 5. The molecule has 2 N–H and O–H groups in total. The minimum absolute atomic E-state index is 0.423. The maximum absolute atomic E-state index is 12.6. The number of ether oxygens (including phenoxy) is 1. The van der Waals surface area contributed by atoms with Crippen molar-refractivity contribution in [1.82, 2.24) is 4.98 Å². The van der Waals surface area contributed by atoms with Gasteiger partial charge in [0, 0.05) is 19.5 Å². The number of halogens is 1. The summed E-state index contributed by atoms with van der Waals surface area (Å²) < 4.78 is 17.9. The smallest absolute Gasteiger partial charge is 0.107 e. The Kier molecular flexibility index (Phi) is 4.60. The van der Waals surface area contributed by atoms with Crippen molar-refractivity contribution in [3.63, 3.8) is 0 Å². The summed E-state index contributed by atoms with van der Waals surface area (Å²) in [5.41, 5.74) is 8.67. The Balaban J connectivity index is 2.23. The molecule has 0 saturated heterocycles. The maximum atomic E-state index is 12.6. The zero-order valence-corrected chi connectivity index (χ0v) is 10.8. The van der Waals surface area contributed by atoms with Gasteiger partial charge in [-0.3, -0.25) is 4.98 Å². The molecule has 0 aliphatic carbocycles. The second kappa shape index (κ2) is 6.41. The van der Waals surface area contributed by atoms with Crippen molar-refractivity contribution in [1.29, 1.82) is 0 Å². The number of benzene rings is 1. The third kappa shape index (κ3) is 3.16. The maximum Gasteiger partial charge on any atom is 0.107 e. The van der Waals surface area contributed by atoms with Crippen LogP contribution >= 0.6 is 0 Å². The molecule has 0 bridgehead atoms. The predicted octanol–water partition coefficient (Wildman–Crippen LogP) is 2.73. The van der Waals surface area contributed by atoms with Gasteiger partial charge in [0.1, 0.15) is 6.67 Å². The first-order valence-electron chi connectivity index (χ1n) is 6.11. The number of nitrogens with zero attached hydrogens (tertiary/aromatic N) is 1. The Labute approximate surface area is 112 Å². The summed E-state index contributed by atoms with van der Waals surface area (Å²) >= 11 is 0. The number of hydrogen-bond acceptors (Lipinski definition) is 3. The lowest BCUT2D eigenvalue weighted by Gasteiger charge is -2.20. The van der Waals surface area contributed by atoms with Crippen molar-refractivity contribution in [2.45, 2.75) is 12.1 Å². The van der Waals surface area contributed by atoms with Crippen LogP contribution in [-0.4, -0.2) is 24.8 Å². The summed E-state index contributed by atoms with van der Waals surface area (Å²) in [6.07, 6.45) is 3.11. The topological polar surface area (TPSA) is 48.1 Å². The Morgan fingerprint density at radius 1 is 1.21 bits per heavy atom. The molecule has 0 fully saturated rings. The summed E-state index contributed by atoms with van der Waals surface area (Å²) in [4.78, 5) is 4.08. The van der Waals surface area contributed by atoms with Crippen molar-refractivity contribution in [2.24, 2.45) is 5.73 Å². The van der Waals surface area contributed by atoms with Crippen molar-refractivity contribution >= 4 is 0 Å². The summed E-state index contributed by atoms with van der Waals surface area (Å²) in [5.74, 6) is 0. The summed E-state index contributed by atoms with van der Waals surface area (Å²) in [6.45, 7) is -0.608. The zero-order chi connectivity index (χ0) is 13.7. The molecule has 0 unspecified atom stereocenters. The molecule has 0 aliphatic rings. The van der Waals surface area contributed by atoms with E-state index in [1.165, 1.54) is 7.11 Å². The van der Waals surface area contributed by atoms with Crippen LogP contribution in [-0.2, 0) is 4.74 Å². The van der Waals surface area contributed by atoms with E-state index >= 15 is 0 Å². The fourth-order valence-electron chi connectivity index (χ4n) is 2.04. The van der Waals surface area contributed by atoms with Crippen LogP contribution in [0.2, 0.25) is 0 Å². The van der Waals surface area contributed by atoms with Gasteiger partial charge in [0.25, 0.3) is 0 Å². The number of nitrogens with two attached hydrogens (primary N) is 1. The number of alkyl halides is 1. The normalized spacial score (nSPS) is 14.1. The average Bonchev–Trinajstić information content (AvgIpc) is 2.49. The van der Waals surface area contributed by atoms with Crippen LogP contribution in [0.4, 0.5) is 4.39 Å². The van der Waals surface area contributed by atoms with Crippen molar-refractivity contribution < 1.29 is 9.13 Å². The molecule has 0 spiro atoms. The van der Waals surface area contributed by atoms with E-state index in [0.717, 1.165) is 16.7 Å². The highest BCUT2D eigenvalue weighted by Crippen LogP contribution is 2.24. The lowest BCUT2D eigenvalue weighted by Crippen LogP contribution is -2.31. The minimum Gasteiger partial charge on any atom is -0.375 e. The highest BCUT2D eigenvalue weighted by atomic mass is 19.1. The molecule has 19 heavy (non-hydrogen) atoms. The molecular formula is C15H17FN2O. The van der Waals surface area contributed by atoms with E-state index in [1.54, 1.807) is 12.4 Å². The average molecular weight is 260 g/mol. The lowest BCUT2D eigenvalue weighted by atomic mass is 10.00. The monoisotopic (exact) mass is 260 g/mol. The molecule has 4 heteroatoms. The van der Waals surface area contributed by atoms with E-state index < -0.39 is 18.8 Å². The first-order valence-corrected chi connectivity index (χ1v) is 6.11. The number of methoxy groups -OCH3 is 1. The van der Waals surface area contributed by atoms with Crippen LogP contribution in [0.15, 0.2) is 48.8 Å². The molecule has 0 amide bonds. The molecule has 3 nitrogen and oxygen atoms in total. The lowest BCUT2D eigenvalue weighted by molar-refractivity contribution is 0.0721. The Morgan fingerprint density at radius 3 is 2.47 bits per heavy atom. The quantitative estimate of drug-likeness (QED) is 0.899. The van der Waals surface area contributed by atoms with E-state index in [4.69, 9.17) is 10.5 Å². The van der Waals surface area contributed by atoms with Crippen LogP contribution in [0.3, 0.4) is 0 Å². The van der Waals surface area contributed by atoms with Gasteiger partial charge in [-0.15, -0.1) is 0 Å². The first kappa shape index (κ1) is 13.6. The number of aromatic nitrogens is 1. The minimum atomic E-state index is -0.644. The van der Waals surface area contributed by atoms with Gasteiger partial charge in [0.2, 0.25) is 0 Å². The van der Waals surface area contributed by atoms with E-state index in [0.29, 0.717) is 0 Å². The van der Waals surface area contributed by atoms with Crippen LogP contribution in [0.25, 0.3) is 11.1 Å². The molecule has 100 valence electrons. The Hall–Kier alpha value is -1.78. The number of hydrogen-bond donors (Lipinski definition) is 1. The van der Waals surface area contributed by atoms with E-state index in [9.17, 15) is 4.39 Å². The SMILES string of the molecule is CO[C@H](c1ccc(-c2cccnc2)cc1)[C@H](N)CF. The van der Waals surface area contributed by atoms with Gasteiger partial charge < -0.3 is 10.5 Å². The second-order valence-corrected chi connectivity index (χ2v) is 4.34. The summed E-state index contributed by atoms with van der Waals surface area (Å²) in [6, 6.07) is 11.0. The first-order chi connectivity index (χ1) is 9.26. The van der Waals surface area contributed by atoms with Gasteiger partial charge in [-0.05, 0) is 22.8 Å². The third-order valence-corrected chi connectivity index (χ3v) is 3.06. The molecule has 1 aromatic heterocycles. The van der Waals surface area contributed by atoms with E-state index in [2.05, 4.69) is 4.98 Å². The van der Waals surface area contributed by atoms with Crippen LogP contribution in [0.5, 0.6) is 0 Å². The fraction of sp³-hybridized carbons (Fsp3) is 0.267. The Morgan fingerprint density at radius 2 is 1.95 bits per heavy atom. The van der Waals surface area contributed by atoms with Gasteiger partial charge in [-0.25, -0.2) is 4.39 Å². The molecule has 0 aliphatic heterocycles.